The number of piperidine rings is 1. The SMILES string of the molecule is COC[C@@H](O)CN1CCC(N[C@@H]2CCCNc3ccccc32)CC1. The van der Waals surface area contributed by atoms with Crippen LogP contribution in [0, 0.1) is 0 Å². The zero-order valence-corrected chi connectivity index (χ0v) is 14.7. The van der Waals surface area contributed by atoms with Crippen LogP contribution in [-0.4, -0.2) is 62.0 Å². The van der Waals surface area contributed by atoms with Crippen molar-refractivity contribution in [3.8, 4) is 0 Å². The molecule has 5 heteroatoms. The zero-order chi connectivity index (χ0) is 16.8. The van der Waals surface area contributed by atoms with E-state index in [9.17, 15) is 5.11 Å². The first-order valence-corrected chi connectivity index (χ1v) is 9.24. The summed E-state index contributed by atoms with van der Waals surface area (Å²) in [6.07, 6.45) is 4.31. The molecule has 0 aromatic heterocycles. The fourth-order valence-corrected chi connectivity index (χ4v) is 3.93. The number of aliphatic hydroxyl groups is 1. The molecule has 0 bridgehead atoms. The number of rotatable bonds is 6. The van der Waals surface area contributed by atoms with Crippen LogP contribution in [-0.2, 0) is 4.74 Å². The van der Waals surface area contributed by atoms with Crippen LogP contribution < -0.4 is 10.6 Å². The van der Waals surface area contributed by atoms with Gasteiger partial charge in [0.2, 0.25) is 0 Å². The fraction of sp³-hybridized carbons (Fsp3) is 0.684. The van der Waals surface area contributed by atoms with Gasteiger partial charge in [-0.15, -0.1) is 0 Å². The lowest BCUT2D eigenvalue weighted by molar-refractivity contribution is 0.0307. The molecule has 3 rings (SSSR count). The lowest BCUT2D eigenvalue weighted by atomic mass is 9.97. The van der Waals surface area contributed by atoms with Gasteiger partial charge < -0.3 is 25.4 Å². The van der Waals surface area contributed by atoms with E-state index in [2.05, 4.69) is 39.8 Å². The minimum Gasteiger partial charge on any atom is -0.389 e. The summed E-state index contributed by atoms with van der Waals surface area (Å²) in [6.45, 7) is 4.29. The van der Waals surface area contributed by atoms with E-state index in [1.807, 2.05) is 0 Å². The summed E-state index contributed by atoms with van der Waals surface area (Å²) >= 11 is 0. The number of likely N-dealkylation sites (tertiary alicyclic amines) is 1. The molecule has 2 aliphatic heterocycles. The number of nitrogens with one attached hydrogen (secondary N) is 2. The smallest absolute Gasteiger partial charge is 0.0900 e. The number of aliphatic hydroxyl groups excluding tert-OH is 1. The number of hydrogen-bond donors (Lipinski definition) is 3. The molecular formula is C19H31N3O2. The van der Waals surface area contributed by atoms with Gasteiger partial charge in [0.1, 0.15) is 0 Å². The number of fused-ring (bicyclic) bond motifs is 1. The molecule has 2 atom stereocenters. The number of methoxy groups -OCH3 is 1. The predicted octanol–water partition coefficient (Wildman–Crippen LogP) is 1.99. The Morgan fingerprint density at radius 3 is 2.88 bits per heavy atom. The third kappa shape index (κ3) is 4.70. The van der Waals surface area contributed by atoms with Crippen molar-refractivity contribution in [1.82, 2.24) is 10.2 Å². The summed E-state index contributed by atoms with van der Waals surface area (Å²) in [7, 11) is 1.64. The molecule has 0 spiro atoms. The fourth-order valence-electron chi connectivity index (χ4n) is 3.93. The molecule has 2 heterocycles. The maximum atomic E-state index is 9.88. The van der Waals surface area contributed by atoms with Gasteiger partial charge in [0.25, 0.3) is 0 Å². The Bertz CT molecular complexity index is 503. The molecule has 1 fully saturated rings. The number of β-amino-alcohol motifs (C(OH)–C–C–N with tert-alkyl or cyclic N) is 1. The van der Waals surface area contributed by atoms with Crippen LogP contribution in [0.4, 0.5) is 5.69 Å². The number of nitrogens with zero attached hydrogens (tertiary/aromatic N) is 1. The Hall–Kier alpha value is -1.14. The molecule has 24 heavy (non-hydrogen) atoms. The van der Waals surface area contributed by atoms with Crippen LogP contribution in [0.5, 0.6) is 0 Å². The molecule has 1 aromatic carbocycles. The minimum absolute atomic E-state index is 0.376. The summed E-state index contributed by atoms with van der Waals surface area (Å²) in [5, 5.41) is 17.3. The second kappa shape index (κ2) is 8.81. The maximum absolute atomic E-state index is 9.88. The van der Waals surface area contributed by atoms with Gasteiger partial charge in [0, 0.05) is 38.0 Å². The van der Waals surface area contributed by atoms with Gasteiger partial charge in [-0.05, 0) is 50.4 Å². The van der Waals surface area contributed by atoms with E-state index in [1.165, 1.54) is 24.1 Å². The quantitative estimate of drug-likeness (QED) is 0.743. The second-order valence-corrected chi connectivity index (χ2v) is 7.06. The molecule has 134 valence electrons. The van der Waals surface area contributed by atoms with Crippen molar-refractivity contribution in [1.29, 1.82) is 0 Å². The summed E-state index contributed by atoms with van der Waals surface area (Å²) in [6, 6.07) is 9.71. The summed E-state index contributed by atoms with van der Waals surface area (Å²) in [4.78, 5) is 2.35. The van der Waals surface area contributed by atoms with Gasteiger partial charge in [-0.2, -0.15) is 0 Å². The predicted molar refractivity (Wildman–Crippen MR) is 97.4 cm³/mol. The van der Waals surface area contributed by atoms with Crippen molar-refractivity contribution in [2.24, 2.45) is 0 Å². The van der Waals surface area contributed by atoms with E-state index in [-0.39, 0.29) is 6.10 Å². The average molecular weight is 333 g/mol. The monoisotopic (exact) mass is 333 g/mol. The molecule has 0 aliphatic carbocycles. The van der Waals surface area contributed by atoms with Crippen molar-refractivity contribution in [3.05, 3.63) is 29.8 Å². The van der Waals surface area contributed by atoms with E-state index in [1.54, 1.807) is 7.11 Å². The number of hydrogen-bond acceptors (Lipinski definition) is 5. The van der Waals surface area contributed by atoms with Crippen LogP contribution in [0.3, 0.4) is 0 Å². The molecule has 5 nitrogen and oxygen atoms in total. The van der Waals surface area contributed by atoms with Crippen molar-refractivity contribution in [2.75, 3.05) is 45.2 Å². The van der Waals surface area contributed by atoms with E-state index < -0.39 is 0 Å². The number of anilines is 1. The van der Waals surface area contributed by atoms with Crippen molar-refractivity contribution < 1.29 is 9.84 Å². The first-order chi connectivity index (χ1) is 11.8. The van der Waals surface area contributed by atoms with Gasteiger partial charge in [0.05, 0.1) is 12.7 Å². The summed E-state index contributed by atoms with van der Waals surface area (Å²) < 4.78 is 5.02. The third-order valence-corrected chi connectivity index (χ3v) is 5.17. The van der Waals surface area contributed by atoms with Gasteiger partial charge in [-0.25, -0.2) is 0 Å². The highest BCUT2D eigenvalue weighted by Gasteiger charge is 2.25. The minimum atomic E-state index is -0.376. The second-order valence-electron chi connectivity index (χ2n) is 7.06. The third-order valence-electron chi connectivity index (χ3n) is 5.17. The molecule has 2 aliphatic rings. The van der Waals surface area contributed by atoms with E-state index >= 15 is 0 Å². The van der Waals surface area contributed by atoms with Gasteiger partial charge in [-0.3, -0.25) is 0 Å². The molecule has 0 unspecified atom stereocenters. The lowest BCUT2D eigenvalue weighted by Crippen LogP contribution is -2.46. The highest BCUT2D eigenvalue weighted by Crippen LogP contribution is 2.30. The molecule has 1 aromatic rings. The van der Waals surface area contributed by atoms with Gasteiger partial charge >= 0.3 is 0 Å². The topological polar surface area (TPSA) is 56.8 Å². The standard InChI is InChI=1S/C19H31N3O2/c1-24-14-16(23)13-22-11-8-15(9-12-22)21-19-7-4-10-20-18-6-3-2-5-17(18)19/h2-3,5-6,15-16,19-21,23H,4,7-14H2,1H3/t16-,19+/m0/s1. The number of para-hydroxylation sites is 1. The molecule has 0 saturated carbocycles. The van der Waals surface area contributed by atoms with E-state index in [0.717, 1.165) is 39.0 Å². The Balaban J connectivity index is 1.51. The zero-order valence-electron chi connectivity index (χ0n) is 14.7. The van der Waals surface area contributed by atoms with Crippen LogP contribution >= 0.6 is 0 Å². The van der Waals surface area contributed by atoms with Crippen LogP contribution in [0.15, 0.2) is 24.3 Å². The Morgan fingerprint density at radius 2 is 2.08 bits per heavy atom. The average Bonchev–Trinajstić information content (AvgIpc) is 2.79. The lowest BCUT2D eigenvalue weighted by Gasteiger charge is -2.35. The maximum Gasteiger partial charge on any atom is 0.0900 e. The van der Waals surface area contributed by atoms with Crippen molar-refractivity contribution in [3.63, 3.8) is 0 Å². The van der Waals surface area contributed by atoms with Gasteiger partial charge in [-0.1, -0.05) is 18.2 Å². The number of ether oxygens (including phenoxy) is 1. The van der Waals surface area contributed by atoms with Crippen molar-refractivity contribution >= 4 is 5.69 Å². The van der Waals surface area contributed by atoms with Crippen molar-refractivity contribution in [2.45, 2.75) is 43.9 Å². The van der Waals surface area contributed by atoms with Gasteiger partial charge in [0.15, 0.2) is 0 Å². The largest absolute Gasteiger partial charge is 0.389 e. The first-order valence-electron chi connectivity index (χ1n) is 9.24. The van der Waals surface area contributed by atoms with Crippen LogP contribution in [0.25, 0.3) is 0 Å². The molecule has 0 radical (unpaired) electrons. The molecule has 3 N–H and O–H groups in total. The van der Waals surface area contributed by atoms with Crippen LogP contribution in [0.1, 0.15) is 37.3 Å². The molecule has 1 saturated heterocycles. The highest BCUT2D eigenvalue weighted by atomic mass is 16.5. The molecule has 0 amide bonds. The van der Waals surface area contributed by atoms with E-state index in [4.69, 9.17) is 4.74 Å². The summed E-state index contributed by atoms with van der Waals surface area (Å²) in [5.74, 6) is 0. The Labute approximate surface area is 145 Å². The summed E-state index contributed by atoms with van der Waals surface area (Å²) in [5.41, 5.74) is 2.69. The highest BCUT2D eigenvalue weighted by molar-refractivity contribution is 5.53. The van der Waals surface area contributed by atoms with E-state index in [0.29, 0.717) is 18.7 Å². The Kier molecular flexibility index (Phi) is 6.49. The number of benzene rings is 1. The first kappa shape index (κ1) is 17.7. The normalized spacial score (nSPS) is 24.0. The van der Waals surface area contributed by atoms with Crippen LogP contribution in [0.2, 0.25) is 0 Å². The molecular weight excluding hydrogens is 302 g/mol. The Morgan fingerprint density at radius 1 is 1.29 bits per heavy atom.